The van der Waals surface area contributed by atoms with Crippen LogP contribution in [0.4, 0.5) is 26.4 Å². The highest BCUT2D eigenvalue weighted by molar-refractivity contribution is 6.28. The van der Waals surface area contributed by atoms with Crippen molar-refractivity contribution in [1.82, 2.24) is 15.0 Å². The molecule has 0 atom stereocenters. The molecule has 0 saturated heterocycles. The molecule has 0 saturated carbocycles. The van der Waals surface area contributed by atoms with Crippen molar-refractivity contribution in [2.75, 3.05) is 11.1 Å². The van der Waals surface area contributed by atoms with Gasteiger partial charge >= 0.3 is 6.29 Å². The summed E-state index contributed by atoms with van der Waals surface area (Å²) in [6, 6.07) is 4.12. The van der Waals surface area contributed by atoms with Crippen LogP contribution in [-0.2, 0) is 0 Å². The van der Waals surface area contributed by atoms with Crippen LogP contribution < -0.4 is 20.5 Å². The number of anilines is 3. The lowest BCUT2D eigenvalue weighted by Gasteiger charge is -2.06. The van der Waals surface area contributed by atoms with Gasteiger partial charge in [0.25, 0.3) is 0 Å². The van der Waals surface area contributed by atoms with Crippen LogP contribution in [0.15, 0.2) is 18.2 Å². The highest BCUT2D eigenvalue weighted by atomic mass is 35.5. The molecule has 0 radical (unpaired) electrons. The molecule has 0 unspecified atom stereocenters. The first kappa shape index (κ1) is 12.6. The van der Waals surface area contributed by atoms with Crippen LogP contribution in [-0.4, -0.2) is 21.2 Å². The zero-order valence-corrected chi connectivity index (χ0v) is 10.4. The van der Waals surface area contributed by atoms with E-state index in [1.807, 2.05) is 0 Å². The second kappa shape index (κ2) is 4.30. The van der Waals surface area contributed by atoms with E-state index >= 15 is 0 Å². The molecule has 3 rings (SSSR count). The Balaban J connectivity index is 1.86. The third kappa shape index (κ3) is 2.48. The van der Waals surface area contributed by atoms with Crippen LogP contribution >= 0.6 is 11.6 Å². The molecule has 0 bridgehead atoms. The second-order valence-corrected chi connectivity index (χ2v) is 4.08. The molecule has 1 aromatic carbocycles. The summed E-state index contributed by atoms with van der Waals surface area (Å²) in [5, 5.41) is 2.65. The molecule has 2 heterocycles. The predicted molar refractivity (Wildman–Crippen MR) is 65.2 cm³/mol. The number of aromatic nitrogens is 3. The molecule has 1 aromatic heterocycles. The lowest BCUT2D eigenvalue weighted by molar-refractivity contribution is -0.286. The van der Waals surface area contributed by atoms with Gasteiger partial charge in [-0.1, -0.05) is 0 Å². The van der Waals surface area contributed by atoms with Crippen molar-refractivity contribution in [1.29, 1.82) is 0 Å². The third-order valence-electron chi connectivity index (χ3n) is 2.28. The van der Waals surface area contributed by atoms with Gasteiger partial charge in [-0.3, -0.25) is 0 Å². The van der Waals surface area contributed by atoms with Crippen LogP contribution in [0.1, 0.15) is 0 Å². The highest BCUT2D eigenvalue weighted by Crippen LogP contribution is 2.42. The molecule has 1 aliphatic heterocycles. The van der Waals surface area contributed by atoms with E-state index in [0.717, 1.165) is 0 Å². The molecular weight excluding hydrogens is 296 g/mol. The standard InChI is InChI=1S/C10H6ClF2N5O2/c11-7-16-8(14)18-9(17-7)15-4-1-2-5-6(3-4)20-10(12,13)19-5/h1-3H,(H3,14,15,16,17,18). The van der Waals surface area contributed by atoms with E-state index in [1.165, 1.54) is 18.2 Å². The van der Waals surface area contributed by atoms with E-state index < -0.39 is 6.29 Å². The average molecular weight is 302 g/mol. The molecule has 0 aliphatic carbocycles. The number of nitrogens with zero attached hydrogens (tertiary/aromatic N) is 3. The van der Waals surface area contributed by atoms with Gasteiger partial charge in [0.1, 0.15) is 0 Å². The summed E-state index contributed by atoms with van der Waals surface area (Å²) in [6.45, 7) is 0. The SMILES string of the molecule is Nc1nc(Cl)nc(Nc2ccc3c(c2)OC(F)(F)O3)n1. The van der Waals surface area contributed by atoms with Gasteiger partial charge in [0.05, 0.1) is 0 Å². The fraction of sp³-hybridized carbons (Fsp3) is 0.100. The zero-order chi connectivity index (χ0) is 14.3. The largest absolute Gasteiger partial charge is 0.586 e. The molecule has 3 N–H and O–H groups in total. The van der Waals surface area contributed by atoms with Gasteiger partial charge < -0.3 is 20.5 Å². The molecule has 104 valence electrons. The van der Waals surface area contributed by atoms with Gasteiger partial charge in [-0.15, -0.1) is 8.78 Å². The fourth-order valence-corrected chi connectivity index (χ4v) is 1.74. The van der Waals surface area contributed by atoms with Gasteiger partial charge in [0, 0.05) is 11.8 Å². The lowest BCUT2D eigenvalue weighted by atomic mass is 10.3. The number of nitrogen functional groups attached to an aromatic ring is 1. The number of nitrogens with two attached hydrogens (primary N) is 1. The Bertz CT molecular complexity index is 664. The maximum absolute atomic E-state index is 12.9. The number of hydrogen-bond donors (Lipinski definition) is 2. The minimum Gasteiger partial charge on any atom is -0.395 e. The molecule has 10 heteroatoms. The Kier molecular flexibility index (Phi) is 2.71. The number of fused-ring (bicyclic) bond motifs is 1. The first-order valence-electron chi connectivity index (χ1n) is 5.25. The van der Waals surface area contributed by atoms with Crippen LogP contribution in [0, 0.1) is 0 Å². The quantitative estimate of drug-likeness (QED) is 0.877. The van der Waals surface area contributed by atoms with Crippen molar-refractivity contribution in [2.45, 2.75) is 6.29 Å². The molecule has 0 fully saturated rings. The number of alkyl halides is 2. The van der Waals surface area contributed by atoms with Crippen LogP contribution in [0.2, 0.25) is 5.28 Å². The monoisotopic (exact) mass is 301 g/mol. The maximum Gasteiger partial charge on any atom is 0.586 e. The predicted octanol–water partition coefficient (Wildman–Crippen LogP) is 2.17. The number of benzene rings is 1. The van der Waals surface area contributed by atoms with Crippen molar-refractivity contribution in [2.24, 2.45) is 0 Å². The Labute approximate surface area is 115 Å². The molecule has 0 amide bonds. The molecular formula is C10H6ClF2N5O2. The summed E-state index contributed by atoms with van der Waals surface area (Å²) < 4.78 is 34.3. The normalized spacial score (nSPS) is 15.2. The van der Waals surface area contributed by atoms with E-state index in [0.29, 0.717) is 5.69 Å². The summed E-state index contributed by atoms with van der Waals surface area (Å²) in [5.41, 5.74) is 5.80. The van der Waals surface area contributed by atoms with Gasteiger partial charge in [-0.05, 0) is 23.7 Å². The Hall–Kier alpha value is -2.42. The van der Waals surface area contributed by atoms with Crippen LogP contribution in [0.3, 0.4) is 0 Å². The minimum atomic E-state index is -3.66. The van der Waals surface area contributed by atoms with Crippen LogP contribution in [0.25, 0.3) is 0 Å². The van der Waals surface area contributed by atoms with Crippen molar-refractivity contribution in [3.8, 4) is 11.5 Å². The van der Waals surface area contributed by atoms with Crippen molar-refractivity contribution in [3.63, 3.8) is 0 Å². The van der Waals surface area contributed by atoms with Crippen molar-refractivity contribution >= 4 is 29.2 Å². The Morgan fingerprint density at radius 1 is 1.15 bits per heavy atom. The second-order valence-electron chi connectivity index (χ2n) is 3.74. The molecule has 20 heavy (non-hydrogen) atoms. The summed E-state index contributed by atoms with van der Waals surface area (Å²) >= 11 is 5.62. The summed E-state index contributed by atoms with van der Waals surface area (Å²) in [6.07, 6.45) is -3.66. The fourth-order valence-electron chi connectivity index (χ4n) is 1.58. The van der Waals surface area contributed by atoms with Gasteiger partial charge in [-0.2, -0.15) is 15.0 Å². The van der Waals surface area contributed by atoms with Gasteiger partial charge in [0.15, 0.2) is 11.5 Å². The Morgan fingerprint density at radius 3 is 2.65 bits per heavy atom. The van der Waals surface area contributed by atoms with E-state index in [9.17, 15) is 8.78 Å². The Morgan fingerprint density at radius 2 is 1.90 bits per heavy atom. The topological polar surface area (TPSA) is 95.2 Å². The zero-order valence-electron chi connectivity index (χ0n) is 9.60. The maximum atomic E-state index is 12.9. The first-order chi connectivity index (χ1) is 9.41. The van der Waals surface area contributed by atoms with Crippen molar-refractivity contribution < 1.29 is 18.3 Å². The summed E-state index contributed by atoms with van der Waals surface area (Å²) in [4.78, 5) is 11.2. The van der Waals surface area contributed by atoms with E-state index in [4.69, 9.17) is 17.3 Å². The molecule has 0 spiro atoms. The molecule has 1 aliphatic rings. The summed E-state index contributed by atoms with van der Waals surface area (Å²) in [5.74, 6) is -0.158. The van der Waals surface area contributed by atoms with E-state index in [1.54, 1.807) is 0 Å². The number of nitrogens with one attached hydrogen (secondary N) is 1. The van der Waals surface area contributed by atoms with Gasteiger partial charge in [-0.25, -0.2) is 0 Å². The number of ether oxygens (including phenoxy) is 2. The van der Waals surface area contributed by atoms with E-state index in [-0.39, 0.29) is 28.7 Å². The van der Waals surface area contributed by atoms with Crippen LogP contribution in [0.5, 0.6) is 11.5 Å². The van der Waals surface area contributed by atoms with Crippen molar-refractivity contribution in [3.05, 3.63) is 23.5 Å². The smallest absolute Gasteiger partial charge is 0.395 e. The van der Waals surface area contributed by atoms with E-state index in [2.05, 4.69) is 29.7 Å². The molecule has 2 aromatic rings. The highest BCUT2D eigenvalue weighted by Gasteiger charge is 2.43. The third-order valence-corrected chi connectivity index (χ3v) is 2.45. The lowest BCUT2D eigenvalue weighted by Crippen LogP contribution is -2.25. The summed E-state index contributed by atoms with van der Waals surface area (Å²) in [7, 11) is 0. The minimum absolute atomic E-state index is 0.0613. The number of rotatable bonds is 2. The number of hydrogen-bond acceptors (Lipinski definition) is 7. The average Bonchev–Trinajstić information content (AvgIpc) is 2.60. The molecule has 7 nitrogen and oxygen atoms in total. The first-order valence-corrected chi connectivity index (χ1v) is 5.63. The van der Waals surface area contributed by atoms with Gasteiger partial charge in [0.2, 0.25) is 17.2 Å². The number of halogens is 3.